The summed E-state index contributed by atoms with van der Waals surface area (Å²) in [4.78, 5) is 28.8. The quantitative estimate of drug-likeness (QED) is 0.631. The van der Waals surface area contributed by atoms with Crippen molar-refractivity contribution in [2.24, 2.45) is 5.92 Å². The molecule has 0 unspecified atom stereocenters. The van der Waals surface area contributed by atoms with Crippen molar-refractivity contribution in [2.75, 3.05) is 33.3 Å². The fourth-order valence-corrected chi connectivity index (χ4v) is 3.85. The Hall–Kier alpha value is -2.68. The van der Waals surface area contributed by atoms with Crippen LogP contribution in [0.1, 0.15) is 33.1 Å². The number of rotatable bonds is 8. The van der Waals surface area contributed by atoms with Crippen LogP contribution < -0.4 is 4.74 Å². The van der Waals surface area contributed by atoms with Crippen LogP contribution in [0.5, 0.6) is 5.75 Å². The molecule has 1 aromatic carbocycles. The number of benzene rings is 1. The normalized spacial score (nSPS) is 14.2. The second-order valence-electron chi connectivity index (χ2n) is 8.18. The number of H-pyrrole nitrogens is 1. The Morgan fingerprint density at radius 2 is 1.65 bits per heavy atom. The molecule has 1 saturated heterocycles. The Labute approximate surface area is 188 Å². The van der Waals surface area contributed by atoms with Gasteiger partial charge in [-0.2, -0.15) is 5.10 Å². The van der Waals surface area contributed by atoms with Crippen LogP contribution in [0.2, 0.25) is 0 Å². The van der Waals surface area contributed by atoms with Crippen LogP contribution in [-0.2, 0) is 16.1 Å². The van der Waals surface area contributed by atoms with Crippen molar-refractivity contribution in [2.45, 2.75) is 39.7 Å². The smallest absolute Gasteiger partial charge is 0.224 e. The molecule has 1 aliphatic rings. The number of piperazine rings is 1. The van der Waals surface area contributed by atoms with Gasteiger partial charge in [0.25, 0.3) is 0 Å². The van der Waals surface area contributed by atoms with E-state index in [0.29, 0.717) is 62.1 Å². The minimum absolute atomic E-state index is 0.0676. The third-order valence-electron chi connectivity index (χ3n) is 5.58. The minimum Gasteiger partial charge on any atom is -0.497 e. The average molecular weight is 446 g/mol. The molecule has 168 valence electrons. The summed E-state index contributed by atoms with van der Waals surface area (Å²) in [5.41, 5.74) is 0.897. The van der Waals surface area contributed by atoms with Crippen LogP contribution in [0.3, 0.4) is 0 Å². The lowest BCUT2D eigenvalue weighted by atomic mass is 10.1. The first kappa shape index (κ1) is 23.0. The molecule has 2 heterocycles. The van der Waals surface area contributed by atoms with E-state index < -0.39 is 0 Å². The first-order chi connectivity index (χ1) is 14.9. The van der Waals surface area contributed by atoms with Crippen LogP contribution in [0.4, 0.5) is 0 Å². The Morgan fingerprint density at radius 3 is 2.19 bits per heavy atom. The van der Waals surface area contributed by atoms with E-state index in [1.165, 1.54) is 0 Å². The average Bonchev–Trinajstić information content (AvgIpc) is 3.16. The van der Waals surface area contributed by atoms with Crippen LogP contribution in [0.25, 0.3) is 11.4 Å². The van der Waals surface area contributed by atoms with E-state index in [9.17, 15) is 9.59 Å². The molecule has 8 nitrogen and oxygen atoms in total. The highest BCUT2D eigenvalue weighted by Gasteiger charge is 2.24. The first-order valence-corrected chi connectivity index (χ1v) is 11.1. The molecule has 31 heavy (non-hydrogen) atoms. The van der Waals surface area contributed by atoms with Crippen molar-refractivity contribution in [3.8, 4) is 17.1 Å². The standard InChI is InChI=1S/C22H31N5O3S/c1-16(2)4-9-19(28)25-12-14-26(15-13-25)20(29)10-11-27-21(23-24-22(27)31)17-5-7-18(30-3)8-6-17/h5-8,16H,4,9-15H2,1-3H3,(H,24,31). The van der Waals surface area contributed by atoms with Gasteiger partial charge in [-0.1, -0.05) is 13.8 Å². The Bertz CT molecular complexity index is 943. The van der Waals surface area contributed by atoms with Gasteiger partial charge in [-0.3, -0.25) is 19.3 Å². The molecule has 3 rings (SSSR count). The summed E-state index contributed by atoms with van der Waals surface area (Å²) in [6, 6.07) is 7.56. The van der Waals surface area contributed by atoms with Crippen LogP contribution in [-0.4, -0.2) is 69.7 Å². The maximum absolute atomic E-state index is 12.8. The zero-order chi connectivity index (χ0) is 22.4. The summed E-state index contributed by atoms with van der Waals surface area (Å²) >= 11 is 5.37. The lowest BCUT2D eigenvalue weighted by molar-refractivity contribution is -0.139. The second kappa shape index (κ2) is 10.6. The van der Waals surface area contributed by atoms with E-state index in [1.807, 2.05) is 38.6 Å². The molecule has 1 fully saturated rings. The molecule has 0 radical (unpaired) electrons. The second-order valence-corrected chi connectivity index (χ2v) is 8.56. The number of aromatic amines is 1. The summed E-state index contributed by atoms with van der Waals surface area (Å²) in [6.07, 6.45) is 1.82. The molecular formula is C22H31N5O3S. The van der Waals surface area contributed by atoms with Crippen molar-refractivity contribution in [1.29, 1.82) is 0 Å². The third-order valence-corrected chi connectivity index (χ3v) is 5.89. The van der Waals surface area contributed by atoms with Crippen LogP contribution in [0, 0.1) is 10.7 Å². The highest BCUT2D eigenvalue weighted by Crippen LogP contribution is 2.21. The molecule has 0 atom stereocenters. The molecule has 1 aliphatic heterocycles. The molecule has 1 aromatic heterocycles. The molecule has 0 saturated carbocycles. The molecule has 2 amide bonds. The number of nitrogens with zero attached hydrogens (tertiary/aromatic N) is 4. The predicted octanol–water partition coefficient (Wildman–Crippen LogP) is 3.11. The van der Waals surface area contributed by atoms with Gasteiger partial charge >= 0.3 is 0 Å². The maximum atomic E-state index is 12.8. The molecule has 0 aliphatic carbocycles. The van der Waals surface area contributed by atoms with Gasteiger partial charge in [0.15, 0.2) is 10.6 Å². The van der Waals surface area contributed by atoms with Crippen molar-refractivity contribution >= 4 is 24.0 Å². The number of amides is 2. The van der Waals surface area contributed by atoms with Crippen LogP contribution in [0.15, 0.2) is 24.3 Å². The lowest BCUT2D eigenvalue weighted by Crippen LogP contribution is -2.50. The number of hydrogen-bond acceptors (Lipinski definition) is 5. The topological polar surface area (TPSA) is 83.5 Å². The number of hydrogen-bond donors (Lipinski definition) is 1. The SMILES string of the molecule is COc1ccc(-c2n[nH]c(=S)n2CCC(=O)N2CCN(C(=O)CCC(C)C)CC2)cc1. The zero-order valence-electron chi connectivity index (χ0n) is 18.5. The van der Waals surface area contributed by atoms with Crippen molar-refractivity contribution in [3.05, 3.63) is 29.0 Å². The molecular weight excluding hydrogens is 414 g/mol. The van der Waals surface area contributed by atoms with Gasteiger partial charge in [0.05, 0.1) is 7.11 Å². The van der Waals surface area contributed by atoms with Crippen LogP contribution >= 0.6 is 12.2 Å². The number of aromatic nitrogens is 3. The van der Waals surface area contributed by atoms with Gasteiger partial charge in [0, 0.05) is 51.1 Å². The van der Waals surface area contributed by atoms with E-state index >= 15 is 0 Å². The number of methoxy groups -OCH3 is 1. The monoisotopic (exact) mass is 445 g/mol. The number of carbonyl (C=O) groups excluding carboxylic acids is 2. The lowest BCUT2D eigenvalue weighted by Gasteiger charge is -2.35. The summed E-state index contributed by atoms with van der Waals surface area (Å²) in [7, 11) is 1.62. The Kier molecular flexibility index (Phi) is 7.84. The summed E-state index contributed by atoms with van der Waals surface area (Å²) in [6.45, 7) is 7.05. The van der Waals surface area contributed by atoms with Gasteiger partial charge in [-0.25, -0.2) is 0 Å². The molecule has 0 bridgehead atoms. The summed E-state index contributed by atoms with van der Waals surface area (Å²) in [5.74, 6) is 2.24. The molecule has 0 spiro atoms. The number of carbonyl (C=O) groups is 2. The highest BCUT2D eigenvalue weighted by atomic mass is 32.1. The van der Waals surface area contributed by atoms with Crippen molar-refractivity contribution in [3.63, 3.8) is 0 Å². The van der Waals surface area contributed by atoms with E-state index in [2.05, 4.69) is 24.0 Å². The predicted molar refractivity (Wildman–Crippen MR) is 121 cm³/mol. The van der Waals surface area contributed by atoms with Gasteiger partial charge in [-0.05, 0) is 48.8 Å². The minimum atomic E-state index is 0.0676. The summed E-state index contributed by atoms with van der Waals surface area (Å²) in [5, 5.41) is 7.15. The van der Waals surface area contributed by atoms with E-state index in [1.54, 1.807) is 7.11 Å². The van der Waals surface area contributed by atoms with Crippen molar-refractivity contribution < 1.29 is 14.3 Å². The largest absolute Gasteiger partial charge is 0.497 e. The zero-order valence-corrected chi connectivity index (χ0v) is 19.3. The van der Waals surface area contributed by atoms with Gasteiger partial charge < -0.3 is 14.5 Å². The fourth-order valence-electron chi connectivity index (χ4n) is 3.63. The van der Waals surface area contributed by atoms with Gasteiger partial charge in [0.2, 0.25) is 11.8 Å². The molecule has 9 heteroatoms. The Morgan fingerprint density at radius 1 is 1.06 bits per heavy atom. The molecule has 2 aromatic rings. The van der Waals surface area contributed by atoms with Gasteiger partial charge in [-0.15, -0.1) is 0 Å². The number of ether oxygens (including phenoxy) is 1. The van der Waals surface area contributed by atoms with Crippen molar-refractivity contribution in [1.82, 2.24) is 24.6 Å². The first-order valence-electron chi connectivity index (χ1n) is 10.7. The van der Waals surface area contributed by atoms with Gasteiger partial charge in [0.1, 0.15) is 5.75 Å². The highest BCUT2D eigenvalue weighted by molar-refractivity contribution is 7.71. The van der Waals surface area contributed by atoms with E-state index in [0.717, 1.165) is 17.7 Å². The Balaban J connectivity index is 1.54. The maximum Gasteiger partial charge on any atom is 0.224 e. The van der Waals surface area contributed by atoms with E-state index in [4.69, 9.17) is 17.0 Å². The fraction of sp³-hybridized carbons (Fsp3) is 0.545. The number of nitrogens with one attached hydrogen (secondary N) is 1. The van der Waals surface area contributed by atoms with E-state index in [-0.39, 0.29) is 11.8 Å². The third kappa shape index (κ3) is 5.94. The molecule has 1 N–H and O–H groups in total. The summed E-state index contributed by atoms with van der Waals surface area (Å²) < 4.78 is 7.54.